The Hall–Kier alpha value is -1.35. The maximum atomic E-state index is 12.1. The monoisotopic (exact) mass is 262 g/mol. The molecule has 0 aliphatic carbocycles. The number of nitrogens with one attached hydrogen (secondary N) is 1. The predicted octanol–water partition coefficient (Wildman–Crippen LogP) is 3.16. The second-order valence-corrected chi connectivity index (χ2v) is 5.01. The first-order valence-corrected chi connectivity index (χ1v) is 7.29. The van der Waals surface area contributed by atoms with E-state index in [2.05, 4.69) is 31.3 Å². The van der Waals surface area contributed by atoms with Gasteiger partial charge in [-0.05, 0) is 18.4 Å². The van der Waals surface area contributed by atoms with Crippen molar-refractivity contribution in [1.29, 1.82) is 0 Å². The third-order valence-electron chi connectivity index (χ3n) is 3.30. The number of rotatable bonds is 8. The molecule has 3 N–H and O–H groups in total. The van der Waals surface area contributed by atoms with Gasteiger partial charge >= 0.3 is 0 Å². The predicted molar refractivity (Wildman–Crippen MR) is 79.7 cm³/mol. The van der Waals surface area contributed by atoms with Crippen LogP contribution in [0, 0.1) is 0 Å². The van der Waals surface area contributed by atoms with Crippen LogP contribution in [0.15, 0.2) is 30.3 Å². The molecule has 2 unspecified atom stereocenters. The Morgan fingerprint density at radius 3 is 2.42 bits per heavy atom. The largest absolute Gasteiger partial charge is 0.348 e. The molecule has 2 atom stereocenters. The van der Waals surface area contributed by atoms with Crippen molar-refractivity contribution in [2.45, 2.75) is 58.0 Å². The minimum absolute atomic E-state index is 0.0317. The lowest BCUT2D eigenvalue weighted by Gasteiger charge is -2.21. The lowest BCUT2D eigenvalue weighted by Crippen LogP contribution is -2.42. The smallest absolute Gasteiger partial charge is 0.237 e. The fourth-order valence-corrected chi connectivity index (χ4v) is 2.13. The van der Waals surface area contributed by atoms with Crippen LogP contribution in [0.5, 0.6) is 0 Å². The number of carbonyl (C=O) groups excluding carboxylic acids is 1. The van der Waals surface area contributed by atoms with Gasteiger partial charge in [0.15, 0.2) is 0 Å². The zero-order chi connectivity index (χ0) is 14.1. The summed E-state index contributed by atoms with van der Waals surface area (Å²) in [5.74, 6) is -0.0317. The van der Waals surface area contributed by atoms with Crippen molar-refractivity contribution in [2.24, 2.45) is 5.73 Å². The number of hydrogen-bond donors (Lipinski definition) is 2. The van der Waals surface area contributed by atoms with Gasteiger partial charge in [-0.15, -0.1) is 0 Å². The van der Waals surface area contributed by atoms with Gasteiger partial charge in [0.2, 0.25) is 5.91 Å². The maximum absolute atomic E-state index is 12.1. The van der Waals surface area contributed by atoms with E-state index in [0.29, 0.717) is 0 Å². The lowest BCUT2D eigenvalue weighted by atomic mass is 10.0. The van der Waals surface area contributed by atoms with Crippen LogP contribution in [0.4, 0.5) is 0 Å². The van der Waals surface area contributed by atoms with E-state index in [-0.39, 0.29) is 18.0 Å². The first-order valence-electron chi connectivity index (χ1n) is 7.29. The Bertz CT molecular complexity index is 364. The summed E-state index contributed by atoms with van der Waals surface area (Å²) in [6.07, 6.45) is 4.80. The van der Waals surface area contributed by atoms with Gasteiger partial charge in [-0.3, -0.25) is 4.79 Å². The highest BCUT2D eigenvalue weighted by Gasteiger charge is 2.18. The Kier molecular flexibility index (Phi) is 7.19. The van der Waals surface area contributed by atoms with Gasteiger partial charge in [-0.2, -0.15) is 0 Å². The van der Waals surface area contributed by atoms with Gasteiger partial charge in [0.1, 0.15) is 0 Å². The van der Waals surface area contributed by atoms with E-state index in [1.165, 1.54) is 0 Å². The first-order chi connectivity index (χ1) is 9.19. The average Bonchev–Trinajstić information content (AvgIpc) is 2.45. The molecule has 0 saturated carbocycles. The maximum Gasteiger partial charge on any atom is 0.237 e. The SMILES string of the molecule is CCCCC(N)C(=O)NC(CCC)c1ccccc1. The molecule has 0 bridgehead atoms. The molecular formula is C16H26N2O. The first kappa shape index (κ1) is 15.7. The van der Waals surface area contributed by atoms with Crippen molar-refractivity contribution in [3.05, 3.63) is 35.9 Å². The number of amides is 1. The van der Waals surface area contributed by atoms with Gasteiger partial charge in [0.05, 0.1) is 12.1 Å². The number of hydrogen-bond acceptors (Lipinski definition) is 2. The van der Waals surface area contributed by atoms with Gasteiger partial charge in [0, 0.05) is 0 Å². The molecule has 0 heterocycles. The molecule has 0 aliphatic rings. The van der Waals surface area contributed by atoms with Gasteiger partial charge in [-0.25, -0.2) is 0 Å². The fraction of sp³-hybridized carbons (Fsp3) is 0.562. The van der Waals surface area contributed by atoms with Crippen LogP contribution < -0.4 is 11.1 Å². The summed E-state index contributed by atoms with van der Waals surface area (Å²) in [6, 6.07) is 9.79. The molecule has 3 heteroatoms. The molecule has 0 spiro atoms. The van der Waals surface area contributed by atoms with E-state index in [1.54, 1.807) is 0 Å². The molecule has 0 fully saturated rings. The Balaban J connectivity index is 2.61. The van der Waals surface area contributed by atoms with Crippen LogP contribution in [-0.4, -0.2) is 11.9 Å². The molecule has 0 radical (unpaired) electrons. The number of carbonyl (C=O) groups is 1. The number of nitrogens with two attached hydrogens (primary N) is 1. The molecule has 0 aliphatic heterocycles. The van der Waals surface area contributed by atoms with E-state index >= 15 is 0 Å². The highest BCUT2D eigenvalue weighted by Crippen LogP contribution is 2.18. The van der Waals surface area contributed by atoms with E-state index < -0.39 is 0 Å². The van der Waals surface area contributed by atoms with E-state index in [1.807, 2.05) is 18.2 Å². The molecule has 106 valence electrons. The highest BCUT2D eigenvalue weighted by atomic mass is 16.2. The van der Waals surface area contributed by atoms with Crippen molar-refractivity contribution in [3.8, 4) is 0 Å². The quantitative estimate of drug-likeness (QED) is 0.756. The van der Waals surface area contributed by atoms with Crippen molar-refractivity contribution in [1.82, 2.24) is 5.32 Å². The van der Waals surface area contributed by atoms with E-state index in [0.717, 1.165) is 37.7 Å². The standard InChI is InChI=1S/C16H26N2O/c1-3-5-12-14(17)16(19)18-15(9-4-2)13-10-7-6-8-11-13/h6-8,10-11,14-15H,3-5,9,12,17H2,1-2H3,(H,18,19). The molecule has 0 saturated heterocycles. The minimum atomic E-state index is -0.386. The third-order valence-corrected chi connectivity index (χ3v) is 3.30. The Labute approximate surface area is 116 Å². The summed E-state index contributed by atoms with van der Waals surface area (Å²) in [4.78, 5) is 12.1. The molecule has 1 rings (SSSR count). The van der Waals surface area contributed by atoms with E-state index in [4.69, 9.17) is 5.73 Å². The summed E-state index contributed by atoms with van der Waals surface area (Å²) in [7, 11) is 0. The van der Waals surface area contributed by atoms with Crippen molar-refractivity contribution >= 4 is 5.91 Å². The van der Waals surface area contributed by atoms with Crippen LogP contribution in [-0.2, 0) is 4.79 Å². The summed E-state index contributed by atoms with van der Waals surface area (Å²) in [5.41, 5.74) is 7.07. The number of benzene rings is 1. The second-order valence-electron chi connectivity index (χ2n) is 5.01. The fourth-order valence-electron chi connectivity index (χ4n) is 2.13. The topological polar surface area (TPSA) is 55.1 Å². The summed E-state index contributed by atoms with van der Waals surface area (Å²) < 4.78 is 0. The molecule has 0 aromatic heterocycles. The average molecular weight is 262 g/mol. The van der Waals surface area contributed by atoms with Crippen molar-refractivity contribution in [3.63, 3.8) is 0 Å². The van der Waals surface area contributed by atoms with Crippen LogP contribution in [0.3, 0.4) is 0 Å². The number of unbranched alkanes of at least 4 members (excludes halogenated alkanes) is 1. The van der Waals surface area contributed by atoms with Crippen LogP contribution in [0.25, 0.3) is 0 Å². The van der Waals surface area contributed by atoms with Crippen molar-refractivity contribution in [2.75, 3.05) is 0 Å². The molecule has 1 aromatic carbocycles. The lowest BCUT2D eigenvalue weighted by molar-refractivity contribution is -0.123. The molecular weight excluding hydrogens is 236 g/mol. The summed E-state index contributed by atoms with van der Waals surface area (Å²) in [5, 5.41) is 3.08. The summed E-state index contributed by atoms with van der Waals surface area (Å²) in [6.45, 7) is 4.23. The Morgan fingerprint density at radius 2 is 1.84 bits per heavy atom. The zero-order valence-corrected chi connectivity index (χ0v) is 12.1. The highest BCUT2D eigenvalue weighted by molar-refractivity contribution is 5.81. The normalized spacial score (nSPS) is 13.8. The van der Waals surface area contributed by atoms with Gasteiger partial charge < -0.3 is 11.1 Å². The third kappa shape index (κ3) is 5.43. The van der Waals surface area contributed by atoms with Crippen LogP contribution >= 0.6 is 0 Å². The summed E-state index contributed by atoms with van der Waals surface area (Å²) >= 11 is 0. The van der Waals surface area contributed by atoms with E-state index in [9.17, 15) is 4.79 Å². The van der Waals surface area contributed by atoms with Gasteiger partial charge in [-0.1, -0.05) is 63.4 Å². The molecule has 19 heavy (non-hydrogen) atoms. The second kappa shape index (κ2) is 8.70. The minimum Gasteiger partial charge on any atom is -0.348 e. The van der Waals surface area contributed by atoms with Gasteiger partial charge in [0.25, 0.3) is 0 Å². The van der Waals surface area contributed by atoms with Crippen LogP contribution in [0.1, 0.15) is 57.6 Å². The Morgan fingerprint density at radius 1 is 1.16 bits per heavy atom. The molecule has 1 aromatic rings. The van der Waals surface area contributed by atoms with Crippen LogP contribution in [0.2, 0.25) is 0 Å². The zero-order valence-electron chi connectivity index (χ0n) is 12.1. The van der Waals surface area contributed by atoms with Crippen molar-refractivity contribution < 1.29 is 4.79 Å². The molecule has 3 nitrogen and oxygen atoms in total. The molecule has 1 amide bonds.